The van der Waals surface area contributed by atoms with Crippen LogP contribution in [0.1, 0.15) is 18.9 Å². The van der Waals surface area contributed by atoms with Crippen molar-refractivity contribution in [1.82, 2.24) is 5.32 Å². The zero-order chi connectivity index (χ0) is 13.8. The van der Waals surface area contributed by atoms with E-state index in [-0.39, 0.29) is 11.9 Å². The predicted octanol–water partition coefficient (Wildman–Crippen LogP) is 2.53. The van der Waals surface area contributed by atoms with E-state index in [4.69, 9.17) is 4.74 Å². The van der Waals surface area contributed by atoms with Crippen molar-refractivity contribution in [2.75, 3.05) is 19.0 Å². The van der Waals surface area contributed by atoms with E-state index in [1.807, 2.05) is 18.2 Å². The molecule has 2 unspecified atom stereocenters. The van der Waals surface area contributed by atoms with Crippen molar-refractivity contribution in [3.63, 3.8) is 0 Å². The van der Waals surface area contributed by atoms with Crippen molar-refractivity contribution < 1.29 is 9.53 Å². The second kappa shape index (κ2) is 6.50. The van der Waals surface area contributed by atoms with E-state index >= 15 is 0 Å². The summed E-state index contributed by atoms with van der Waals surface area (Å²) in [5, 5.41) is 6.23. The molecule has 1 fully saturated rings. The Bertz CT molecular complexity index is 465. The van der Waals surface area contributed by atoms with E-state index in [0.29, 0.717) is 12.5 Å². The number of nitrogens with one attached hydrogen (secondary N) is 2. The molecular weight excluding hydrogens is 308 g/mol. The van der Waals surface area contributed by atoms with Crippen LogP contribution in [0.5, 0.6) is 0 Å². The maximum absolute atomic E-state index is 12.3. The molecule has 2 N–H and O–H groups in total. The van der Waals surface area contributed by atoms with Crippen LogP contribution in [-0.2, 0) is 16.1 Å². The van der Waals surface area contributed by atoms with Gasteiger partial charge in [0.15, 0.2) is 0 Å². The lowest BCUT2D eigenvalue weighted by atomic mass is 10.0. The van der Waals surface area contributed by atoms with Gasteiger partial charge < -0.3 is 15.4 Å². The van der Waals surface area contributed by atoms with Gasteiger partial charge in [0.1, 0.15) is 0 Å². The fourth-order valence-corrected chi connectivity index (χ4v) is 2.84. The topological polar surface area (TPSA) is 50.4 Å². The summed E-state index contributed by atoms with van der Waals surface area (Å²) >= 11 is 3.49. The molecule has 0 spiro atoms. The van der Waals surface area contributed by atoms with Crippen LogP contribution in [0.2, 0.25) is 0 Å². The van der Waals surface area contributed by atoms with Gasteiger partial charge >= 0.3 is 0 Å². The Balaban J connectivity index is 2.14. The Morgan fingerprint density at radius 3 is 3.00 bits per heavy atom. The van der Waals surface area contributed by atoms with Gasteiger partial charge in [0.05, 0.1) is 12.6 Å². The Morgan fingerprint density at radius 2 is 2.37 bits per heavy atom. The van der Waals surface area contributed by atoms with E-state index < -0.39 is 0 Å². The smallest absolute Gasteiger partial charge is 0.241 e. The normalized spacial score (nSPS) is 22.5. The lowest BCUT2D eigenvalue weighted by molar-refractivity contribution is -0.118. The van der Waals surface area contributed by atoms with Crippen molar-refractivity contribution in [2.24, 2.45) is 5.92 Å². The molecule has 19 heavy (non-hydrogen) atoms. The average Bonchev–Trinajstić information content (AvgIpc) is 2.80. The lowest BCUT2D eigenvalue weighted by Crippen LogP contribution is -2.39. The number of anilines is 1. The zero-order valence-electron chi connectivity index (χ0n) is 11.2. The summed E-state index contributed by atoms with van der Waals surface area (Å²) in [7, 11) is 1.64. The van der Waals surface area contributed by atoms with E-state index in [1.165, 1.54) is 0 Å². The van der Waals surface area contributed by atoms with Crippen LogP contribution in [0.4, 0.5) is 5.69 Å². The molecule has 1 aliphatic rings. The van der Waals surface area contributed by atoms with E-state index in [2.05, 4.69) is 33.5 Å². The number of amides is 1. The summed E-state index contributed by atoms with van der Waals surface area (Å²) in [6, 6.07) is 5.65. The standard InChI is InChI=1S/C14H19BrN2O2/c1-9-6-7-16-13(9)14(18)17-12-5-3-4-11(15)10(12)8-19-2/h3-5,9,13,16H,6-8H2,1-2H3,(H,17,18). The van der Waals surface area contributed by atoms with Crippen molar-refractivity contribution in [3.8, 4) is 0 Å². The quantitative estimate of drug-likeness (QED) is 0.893. The monoisotopic (exact) mass is 326 g/mol. The molecule has 0 saturated carbocycles. The second-order valence-electron chi connectivity index (χ2n) is 4.89. The van der Waals surface area contributed by atoms with Crippen molar-refractivity contribution >= 4 is 27.5 Å². The van der Waals surface area contributed by atoms with Gasteiger partial charge in [-0.3, -0.25) is 4.79 Å². The van der Waals surface area contributed by atoms with Crippen LogP contribution in [0.25, 0.3) is 0 Å². The molecule has 4 nitrogen and oxygen atoms in total. The number of benzene rings is 1. The Kier molecular flexibility index (Phi) is 4.96. The highest BCUT2D eigenvalue weighted by Crippen LogP contribution is 2.26. The molecule has 2 rings (SSSR count). The summed E-state index contributed by atoms with van der Waals surface area (Å²) in [6.45, 7) is 3.47. The number of rotatable bonds is 4. The summed E-state index contributed by atoms with van der Waals surface area (Å²) < 4.78 is 6.12. The molecule has 0 radical (unpaired) electrons. The molecule has 1 aromatic carbocycles. The number of carbonyl (C=O) groups is 1. The fraction of sp³-hybridized carbons (Fsp3) is 0.500. The highest BCUT2D eigenvalue weighted by atomic mass is 79.9. The number of hydrogen-bond acceptors (Lipinski definition) is 3. The van der Waals surface area contributed by atoms with Crippen LogP contribution in [0.3, 0.4) is 0 Å². The third kappa shape index (κ3) is 3.35. The largest absolute Gasteiger partial charge is 0.380 e. The molecule has 2 atom stereocenters. The van der Waals surface area contributed by atoms with Gasteiger partial charge in [0.25, 0.3) is 0 Å². The van der Waals surface area contributed by atoms with Gasteiger partial charge in [-0.05, 0) is 31.0 Å². The SMILES string of the molecule is COCc1c(Br)cccc1NC(=O)C1NCCC1C. The average molecular weight is 327 g/mol. The Hall–Kier alpha value is -0.910. The third-order valence-corrected chi connectivity index (χ3v) is 4.22. The minimum Gasteiger partial charge on any atom is -0.380 e. The molecule has 104 valence electrons. The van der Waals surface area contributed by atoms with Crippen LogP contribution >= 0.6 is 15.9 Å². The maximum atomic E-state index is 12.3. The molecule has 5 heteroatoms. The number of hydrogen-bond donors (Lipinski definition) is 2. The third-order valence-electron chi connectivity index (χ3n) is 3.48. The molecule has 1 saturated heterocycles. The molecule has 0 aliphatic carbocycles. The molecule has 1 heterocycles. The lowest BCUT2D eigenvalue weighted by Gasteiger charge is -2.18. The van der Waals surface area contributed by atoms with Gasteiger partial charge in [0, 0.05) is 22.8 Å². The maximum Gasteiger partial charge on any atom is 0.241 e. The first-order chi connectivity index (χ1) is 9.13. The highest BCUT2D eigenvalue weighted by Gasteiger charge is 2.29. The predicted molar refractivity (Wildman–Crippen MR) is 79.1 cm³/mol. The minimum absolute atomic E-state index is 0.0282. The molecule has 0 aromatic heterocycles. The van der Waals surface area contributed by atoms with E-state index in [0.717, 1.165) is 28.7 Å². The highest BCUT2D eigenvalue weighted by molar-refractivity contribution is 9.10. The number of halogens is 1. The van der Waals surface area contributed by atoms with Gasteiger partial charge in [-0.15, -0.1) is 0 Å². The Morgan fingerprint density at radius 1 is 1.58 bits per heavy atom. The van der Waals surface area contributed by atoms with Crippen molar-refractivity contribution in [2.45, 2.75) is 26.0 Å². The van der Waals surface area contributed by atoms with Crippen LogP contribution < -0.4 is 10.6 Å². The van der Waals surface area contributed by atoms with Crippen molar-refractivity contribution in [3.05, 3.63) is 28.2 Å². The van der Waals surface area contributed by atoms with Gasteiger partial charge in [-0.1, -0.05) is 28.9 Å². The first-order valence-corrected chi connectivity index (χ1v) is 7.23. The number of ether oxygens (including phenoxy) is 1. The number of carbonyl (C=O) groups excluding carboxylic acids is 1. The molecule has 1 amide bonds. The summed E-state index contributed by atoms with van der Waals surface area (Å²) in [5.74, 6) is 0.401. The minimum atomic E-state index is -0.102. The van der Waals surface area contributed by atoms with Gasteiger partial charge in [-0.2, -0.15) is 0 Å². The molecular formula is C14H19BrN2O2. The van der Waals surface area contributed by atoms with Gasteiger partial charge in [-0.25, -0.2) is 0 Å². The second-order valence-corrected chi connectivity index (χ2v) is 5.74. The van der Waals surface area contributed by atoms with Crippen LogP contribution in [0, 0.1) is 5.92 Å². The first-order valence-electron chi connectivity index (χ1n) is 6.44. The van der Waals surface area contributed by atoms with Crippen LogP contribution in [-0.4, -0.2) is 25.6 Å². The summed E-state index contributed by atoms with van der Waals surface area (Å²) in [6.07, 6.45) is 1.04. The fourth-order valence-electron chi connectivity index (χ4n) is 2.36. The number of methoxy groups -OCH3 is 1. The van der Waals surface area contributed by atoms with Crippen LogP contribution in [0.15, 0.2) is 22.7 Å². The van der Waals surface area contributed by atoms with E-state index in [9.17, 15) is 4.79 Å². The summed E-state index contributed by atoms with van der Waals surface area (Å²) in [4.78, 5) is 12.3. The molecule has 1 aromatic rings. The molecule has 0 bridgehead atoms. The summed E-state index contributed by atoms with van der Waals surface area (Å²) in [5.41, 5.74) is 1.77. The van der Waals surface area contributed by atoms with E-state index in [1.54, 1.807) is 7.11 Å². The van der Waals surface area contributed by atoms with Crippen molar-refractivity contribution in [1.29, 1.82) is 0 Å². The first kappa shape index (κ1) is 14.5. The van der Waals surface area contributed by atoms with Gasteiger partial charge in [0.2, 0.25) is 5.91 Å². The zero-order valence-corrected chi connectivity index (χ0v) is 12.8. The Labute approximate surface area is 122 Å². The molecule has 1 aliphatic heterocycles.